The van der Waals surface area contributed by atoms with Gasteiger partial charge in [0.15, 0.2) is 0 Å². The van der Waals surface area contributed by atoms with Crippen LogP contribution in [0.4, 0.5) is 10.1 Å². The second-order valence-electron chi connectivity index (χ2n) is 13.0. The highest BCUT2D eigenvalue weighted by atomic mass is 32.2. The predicted molar refractivity (Wildman–Crippen MR) is 192 cm³/mol. The van der Waals surface area contributed by atoms with Crippen LogP contribution in [0.1, 0.15) is 64.6 Å². The van der Waals surface area contributed by atoms with Crippen LogP contribution in [0, 0.1) is 11.7 Å². The maximum atomic E-state index is 14.0. The van der Waals surface area contributed by atoms with Gasteiger partial charge < -0.3 is 21.3 Å². The molecule has 0 bridgehead atoms. The van der Waals surface area contributed by atoms with E-state index in [4.69, 9.17) is 0 Å². The van der Waals surface area contributed by atoms with Crippen molar-refractivity contribution in [2.45, 2.75) is 56.1 Å². The number of anilines is 1. The lowest BCUT2D eigenvalue weighted by Gasteiger charge is -2.24. The largest absolute Gasteiger partial charge is 0.354 e. The number of hydrogen-bond donors (Lipinski definition) is 4. The molecule has 4 aromatic rings. The molecular weight excluding hydrogens is 674 g/mol. The first kappa shape index (κ1) is 37.2. The van der Waals surface area contributed by atoms with Crippen molar-refractivity contribution in [1.29, 1.82) is 0 Å². The van der Waals surface area contributed by atoms with Crippen LogP contribution >= 0.6 is 0 Å². The highest BCUT2D eigenvalue weighted by Crippen LogP contribution is 2.28. The van der Waals surface area contributed by atoms with Gasteiger partial charge in [-0.1, -0.05) is 30.3 Å². The quantitative estimate of drug-likeness (QED) is 0.138. The third-order valence-corrected chi connectivity index (χ3v) is 10.6. The molecule has 51 heavy (non-hydrogen) atoms. The Bertz CT molecular complexity index is 1950. The van der Waals surface area contributed by atoms with Crippen molar-refractivity contribution in [3.8, 4) is 0 Å². The number of aromatic nitrogens is 2. The van der Waals surface area contributed by atoms with Crippen molar-refractivity contribution in [1.82, 2.24) is 31.0 Å². The molecule has 1 aromatic heterocycles. The molecule has 4 N–H and O–H groups in total. The van der Waals surface area contributed by atoms with E-state index in [9.17, 15) is 27.2 Å². The zero-order valence-electron chi connectivity index (χ0n) is 29.1. The number of nitrogens with one attached hydrogen (secondary N) is 4. The maximum Gasteiger partial charge on any atom is 0.264 e. The molecule has 3 atom stereocenters. The summed E-state index contributed by atoms with van der Waals surface area (Å²) in [5.74, 6) is -1.27. The first-order valence-corrected chi connectivity index (χ1v) is 18.3. The van der Waals surface area contributed by atoms with Crippen LogP contribution in [-0.4, -0.2) is 68.1 Å². The van der Waals surface area contributed by atoms with Crippen molar-refractivity contribution < 1.29 is 27.2 Å². The number of carbonyl (C=O) groups is 3. The monoisotopic (exact) mass is 717 g/mol. The van der Waals surface area contributed by atoms with E-state index in [-0.39, 0.29) is 34.2 Å². The Hall–Kier alpha value is -5.08. The lowest BCUT2D eigenvalue weighted by molar-refractivity contribution is -0.122. The summed E-state index contributed by atoms with van der Waals surface area (Å²) in [4.78, 5) is 40.1. The van der Waals surface area contributed by atoms with E-state index in [2.05, 4.69) is 26.4 Å². The van der Waals surface area contributed by atoms with Gasteiger partial charge in [0.25, 0.3) is 21.8 Å². The van der Waals surface area contributed by atoms with Gasteiger partial charge in [0, 0.05) is 56.1 Å². The van der Waals surface area contributed by atoms with Gasteiger partial charge in [-0.25, -0.2) is 12.8 Å². The normalized spacial score (nSPS) is 14.6. The van der Waals surface area contributed by atoms with Crippen LogP contribution in [0.3, 0.4) is 0 Å². The van der Waals surface area contributed by atoms with Crippen LogP contribution < -0.4 is 25.6 Å². The fourth-order valence-corrected chi connectivity index (χ4v) is 6.64. The van der Waals surface area contributed by atoms with Gasteiger partial charge in [0.1, 0.15) is 5.82 Å². The highest BCUT2D eigenvalue weighted by molar-refractivity contribution is 7.92. The average molecular weight is 718 g/mol. The Labute approximate surface area is 297 Å². The van der Waals surface area contributed by atoms with Crippen LogP contribution in [0.25, 0.3) is 0 Å². The summed E-state index contributed by atoms with van der Waals surface area (Å²) in [6, 6.07) is 16.7. The lowest BCUT2D eigenvalue weighted by atomic mass is 10.0. The number of amides is 3. The Morgan fingerprint density at radius 1 is 0.961 bits per heavy atom. The molecule has 3 amide bonds. The van der Waals surface area contributed by atoms with Crippen molar-refractivity contribution >= 4 is 33.4 Å². The van der Waals surface area contributed by atoms with Crippen molar-refractivity contribution in [3.05, 3.63) is 113 Å². The molecule has 1 aliphatic carbocycles. The Kier molecular flexibility index (Phi) is 11.9. The van der Waals surface area contributed by atoms with Gasteiger partial charge in [-0.2, -0.15) is 5.10 Å². The Morgan fingerprint density at radius 2 is 1.61 bits per heavy atom. The number of sulfonamides is 1. The molecule has 12 nitrogen and oxygen atoms in total. The zero-order chi connectivity index (χ0) is 36.7. The van der Waals surface area contributed by atoms with Crippen LogP contribution in [-0.2, 0) is 28.3 Å². The third-order valence-electron chi connectivity index (χ3n) is 8.84. The van der Waals surface area contributed by atoms with E-state index < -0.39 is 45.8 Å². The fraction of sp³-hybridized carbons (Fsp3) is 0.351. The first-order chi connectivity index (χ1) is 24.3. The molecule has 0 radical (unpaired) electrons. The smallest absolute Gasteiger partial charge is 0.264 e. The van der Waals surface area contributed by atoms with Gasteiger partial charge in [0.2, 0.25) is 5.91 Å². The van der Waals surface area contributed by atoms with Crippen molar-refractivity contribution in [2.24, 2.45) is 13.0 Å². The van der Waals surface area contributed by atoms with E-state index in [1.54, 1.807) is 38.0 Å². The molecular formula is C37H44FN7O5S. The Balaban J connectivity index is 1.42. The molecule has 1 aliphatic rings. The molecule has 1 saturated carbocycles. The summed E-state index contributed by atoms with van der Waals surface area (Å²) < 4.78 is 43.4. The molecule has 14 heteroatoms. The summed E-state index contributed by atoms with van der Waals surface area (Å²) in [6.45, 7) is 4.45. The molecule has 1 unspecified atom stereocenters. The summed E-state index contributed by atoms with van der Waals surface area (Å²) in [6.07, 6.45) is 6.07. The first-order valence-electron chi connectivity index (χ1n) is 16.8. The van der Waals surface area contributed by atoms with Gasteiger partial charge >= 0.3 is 0 Å². The second kappa shape index (κ2) is 16.3. The van der Waals surface area contributed by atoms with E-state index >= 15 is 0 Å². The third kappa shape index (κ3) is 10.0. The number of aryl methyl sites for hydroxylation is 1. The number of carbonyl (C=O) groups excluding carboxylic acids is 3. The van der Waals surface area contributed by atoms with Gasteiger partial charge in [-0.05, 0) is 87.1 Å². The van der Waals surface area contributed by atoms with Crippen LogP contribution in [0.5, 0.6) is 0 Å². The van der Waals surface area contributed by atoms with Crippen molar-refractivity contribution in [3.63, 3.8) is 0 Å². The van der Waals surface area contributed by atoms with Crippen molar-refractivity contribution in [2.75, 3.05) is 24.4 Å². The predicted octanol–water partition coefficient (Wildman–Crippen LogP) is 3.72. The molecule has 0 spiro atoms. The SMILES string of the molecule is CC(NC(=O)c1cc(C(=O)N[C@H](CN[C@@H](C)C(=O)NCC2CC2)Cc2ccccc2)cc(N(C)S(=O)(=O)c2ccc(F)cc2)c1)c1cnn(C)c1. The molecule has 0 saturated heterocycles. The summed E-state index contributed by atoms with van der Waals surface area (Å²) in [5, 5.41) is 16.3. The van der Waals surface area contributed by atoms with E-state index in [0.717, 1.165) is 52.5 Å². The second-order valence-corrected chi connectivity index (χ2v) is 15.0. The van der Waals surface area contributed by atoms with Crippen LogP contribution in [0.2, 0.25) is 0 Å². The summed E-state index contributed by atoms with van der Waals surface area (Å²) in [5.41, 5.74) is 1.85. The van der Waals surface area contributed by atoms with E-state index in [0.29, 0.717) is 18.9 Å². The number of nitrogens with zero attached hydrogens (tertiary/aromatic N) is 3. The minimum Gasteiger partial charge on any atom is -0.354 e. The average Bonchev–Trinajstić information content (AvgIpc) is 3.85. The minimum absolute atomic E-state index is 0.0427. The molecule has 1 heterocycles. The molecule has 3 aromatic carbocycles. The molecule has 1 fully saturated rings. The molecule has 5 rings (SSSR count). The van der Waals surface area contributed by atoms with Crippen LogP contribution in [0.15, 0.2) is 90.1 Å². The number of rotatable bonds is 16. The number of benzene rings is 3. The summed E-state index contributed by atoms with van der Waals surface area (Å²) >= 11 is 0. The van der Waals surface area contributed by atoms with E-state index in [1.165, 1.54) is 25.2 Å². The topological polar surface area (TPSA) is 155 Å². The van der Waals surface area contributed by atoms with Gasteiger partial charge in [-0.3, -0.25) is 23.4 Å². The Morgan fingerprint density at radius 3 is 2.22 bits per heavy atom. The maximum absolute atomic E-state index is 14.0. The summed E-state index contributed by atoms with van der Waals surface area (Å²) in [7, 11) is -1.15. The van der Waals surface area contributed by atoms with Gasteiger partial charge in [0.05, 0.1) is 28.9 Å². The highest BCUT2D eigenvalue weighted by Gasteiger charge is 2.26. The lowest BCUT2D eigenvalue weighted by Crippen LogP contribution is -2.49. The number of halogens is 1. The number of hydrogen-bond acceptors (Lipinski definition) is 7. The standard InChI is InChI=1S/C37H44FN7O5S/c1-24(30-21-41-44(3)23-30)42-36(47)28-17-29(19-33(18-28)45(4)51(49,50)34-14-12-31(38)13-15-34)37(48)43-32(16-26-8-6-5-7-9-26)22-39-25(2)35(46)40-20-27-10-11-27/h5-9,12-15,17-19,21,23-25,27,32,39H,10-11,16,20,22H2,1-4H3,(H,40,46)(H,42,47)(H,43,48)/t24?,25-,32-/m0/s1. The van der Waals surface area contributed by atoms with E-state index in [1.807, 2.05) is 30.3 Å². The zero-order valence-corrected chi connectivity index (χ0v) is 29.9. The minimum atomic E-state index is -4.21. The van der Waals surface area contributed by atoms with Gasteiger partial charge in [-0.15, -0.1) is 0 Å². The molecule has 270 valence electrons. The molecule has 0 aliphatic heterocycles. The fourth-order valence-electron chi connectivity index (χ4n) is 5.46.